The lowest BCUT2D eigenvalue weighted by Crippen LogP contribution is -2.32. The second-order valence-electron chi connectivity index (χ2n) is 4.63. The highest BCUT2D eigenvalue weighted by molar-refractivity contribution is 5.47. The van der Waals surface area contributed by atoms with Gasteiger partial charge in [0.2, 0.25) is 5.82 Å². The molecule has 0 aliphatic carbocycles. The lowest BCUT2D eigenvalue weighted by atomic mass is 10.1. The number of halogens is 1. The summed E-state index contributed by atoms with van der Waals surface area (Å²) in [6, 6.07) is 2.82. The highest BCUT2D eigenvalue weighted by atomic mass is 19.1. The van der Waals surface area contributed by atoms with E-state index in [1.807, 2.05) is 0 Å². The van der Waals surface area contributed by atoms with Crippen LogP contribution in [0.4, 0.5) is 4.39 Å². The molecule has 0 saturated carbocycles. The summed E-state index contributed by atoms with van der Waals surface area (Å²) >= 11 is 0. The molecule has 0 aromatic carbocycles. The van der Waals surface area contributed by atoms with Crippen molar-refractivity contribution >= 4 is 0 Å². The third-order valence-corrected chi connectivity index (χ3v) is 3.15. The van der Waals surface area contributed by atoms with Crippen molar-refractivity contribution in [2.45, 2.75) is 25.6 Å². The Bertz CT molecular complexity index is 552. The molecule has 3 rings (SSSR count). The van der Waals surface area contributed by atoms with E-state index in [0.717, 1.165) is 32.1 Å². The molecule has 6 nitrogen and oxygen atoms in total. The summed E-state index contributed by atoms with van der Waals surface area (Å²) in [4.78, 5) is 8.09. The summed E-state index contributed by atoms with van der Waals surface area (Å²) in [7, 11) is 0. The normalized spacial score (nSPS) is 16.4. The molecule has 0 radical (unpaired) electrons. The predicted octanol–water partition coefficient (Wildman–Crippen LogP) is 1.54. The van der Waals surface area contributed by atoms with Gasteiger partial charge < -0.3 is 14.6 Å². The molecule has 0 unspecified atom stereocenters. The van der Waals surface area contributed by atoms with Gasteiger partial charge in [-0.25, -0.2) is 9.37 Å². The molecule has 3 heterocycles. The average molecular weight is 278 g/mol. The number of pyridine rings is 1. The first kappa shape index (κ1) is 13.1. The first-order chi connectivity index (χ1) is 9.81. The number of piperidine rings is 1. The number of nitrogens with zero attached hydrogens (tertiary/aromatic N) is 3. The molecule has 1 fully saturated rings. The van der Waals surface area contributed by atoms with Crippen molar-refractivity contribution in [2.24, 2.45) is 0 Å². The third-order valence-electron chi connectivity index (χ3n) is 3.15. The van der Waals surface area contributed by atoms with Gasteiger partial charge in [-0.3, -0.25) is 0 Å². The van der Waals surface area contributed by atoms with Gasteiger partial charge in [0.25, 0.3) is 5.89 Å². The Morgan fingerprint density at radius 1 is 1.35 bits per heavy atom. The Labute approximate surface area is 115 Å². The lowest BCUT2D eigenvalue weighted by Gasteiger charge is -2.21. The van der Waals surface area contributed by atoms with E-state index < -0.39 is 5.82 Å². The molecule has 1 aliphatic rings. The topological polar surface area (TPSA) is 73.1 Å². The van der Waals surface area contributed by atoms with Crippen LogP contribution in [0.25, 0.3) is 11.5 Å². The van der Waals surface area contributed by atoms with E-state index in [9.17, 15) is 4.39 Å². The highest BCUT2D eigenvalue weighted by Crippen LogP contribution is 2.15. The Kier molecular flexibility index (Phi) is 3.98. The van der Waals surface area contributed by atoms with Gasteiger partial charge in [-0.2, -0.15) is 4.98 Å². The number of rotatable bonds is 4. The van der Waals surface area contributed by atoms with Crippen LogP contribution in [0.15, 0.2) is 22.9 Å². The summed E-state index contributed by atoms with van der Waals surface area (Å²) in [5, 5.41) is 7.09. The average Bonchev–Trinajstić information content (AvgIpc) is 2.96. The van der Waals surface area contributed by atoms with Crippen LogP contribution >= 0.6 is 0 Å². The van der Waals surface area contributed by atoms with Crippen molar-refractivity contribution in [3.8, 4) is 11.5 Å². The molecular formula is C13H15FN4O2. The molecule has 106 valence electrons. The van der Waals surface area contributed by atoms with Gasteiger partial charge in [-0.15, -0.1) is 0 Å². The minimum absolute atomic E-state index is 0.232. The maximum atomic E-state index is 12.8. The second kappa shape index (κ2) is 6.06. The molecule has 1 saturated heterocycles. The Balaban J connectivity index is 1.60. The smallest absolute Gasteiger partial charge is 0.253 e. The summed E-state index contributed by atoms with van der Waals surface area (Å²) < 4.78 is 23.6. The second-order valence-corrected chi connectivity index (χ2v) is 4.63. The number of aromatic nitrogens is 3. The van der Waals surface area contributed by atoms with Crippen molar-refractivity contribution < 1.29 is 13.7 Å². The molecule has 7 heteroatoms. The number of ether oxygens (including phenoxy) is 1. The molecule has 1 N–H and O–H groups in total. The SMILES string of the molecule is Fc1ccc(-c2noc(COC3CCNCC3)n2)nc1. The first-order valence-corrected chi connectivity index (χ1v) is 6.58. The van der Waals surface area contributed by atoms with Crippen LogP contribution in [0, 0.1) is 5.82 Å². The van der Waals surface area contributed by atoms with Crippen LogP contribution in [-0.2, 0) is 11.3 Å². The molecule has 2 aromatic rings. The van der Waals surface area contributed by atoms with Crippen LogP contribution in [0.1, 0.15) is 18.7 Å². The Morgan fingerprint density at radius 2 is 2.20 bits per heavy atom. The van der Waals surface area contributed by atoms with Gasteiger partial charge in [0.05, 0.1) is 12.3 Å². The van der Waals surface area contributed by atoms with Gasteiger partial charge in [-0.1, -0.05) is 5.16 Å². The Hall–Kier alpha value is -1.86. The highest BCUT2D eigenvalue weighted by Gasteiger charge is 2.16. The maximum absolute atomic E-state index is 12.8. The van der Waals surface area contributed by atoms with Crippen molar-refractivity contribution in [2.75, 3.05) is 13.1 Å². The summed E-state index contributed by atoms with van der Waals surface area (Å²) in [5.41, 5.74) is 0.475. The Morgan fingerprint density at radius 3 is 2.95 bits per heavy atom. The maximum Gasteiger partial charge on any atom is 0.253 e. The summed E-state index contributed by atoms with van der Waals surface area (Å²) in [6.45, 7) is 2.23. The fraction of sp³-hybridized carbons (Fsp3) is 0.462. The summed E-state index contributed by atoms with van der Waals surface area (Å²) in [6.07, 6.45) is 3.33. The third kappa shape index (κ3) is 3.17. The zero-order valence-electron chi connectivity index (χ0n) is 10.9. The monoisotopic (exact) mass is 278 g/mol. The van der Waals surface area contributed by atoms with Crippen LogP contribution < -0.4 is 5.32 Å². The molecule has 0 atom stereocenters. The van der Waals surface area contributed by atoms with Crippen LogP contribution in [0.2, 0.25) is 0 Å². The molecule has 2 aromatic heterocycles. The standard InChI is InChI=1S/C13H15FN4O2/c14-9-1-2-11(16-7-9)13-17-12(20-18-13)8-19-10-3-5-15-6-4-10/h1-2,7,10,15H,3-6,8H2. The van der Waals surface area contributed by atoms with Crippen LogP contribution in [0.3, 0.4) is 0 Å². The first-order valence-electron chi connectivity index (χ1n) is 6.58. The van der Waals surface area contributed by atoms with Crippen molar-refractivity contribution in [1.29, 1.82) is 0 Å². The van der Waals surface area contributed by atoms with Gasteiger partial charge >= 0.3 is 0 Å². The van der Waals surface area contributed by atoms with E-state index >= 15 is 0 Å². The van der Waals surface area contributed by atoms with E-state index in [4.69, 9.17) is 9.26 Å². The van der Waals surface area contributed by atoms with Crippen molar-refractivity contribution in [3.63, 3.8) is 0 Å². The quantitative estimate of drug-likeness (QED) is 0.914. The molecule has 0 bridgehead atoms. The molecule has 20 heavy (non-hydrogen) atoms. The van der Waals surface area contributed by atoms with Crippen LogP contribution in [-0.4, -0.2) is 34.3 Å². The number of hydrogen-bond acceptors (Lipinski definition) is 6. The number of nitrogens with one attached hydrogen (secondary N) is 1. The zero-order chi connectivity index (χ0) is 13.8. The largest absolute Gasteiger partial charge is 0.368 e. The van der Waals surface area contributed by atoms with Gasteiger partial charge in [0.1, 0.15) is 18.1 Å². The molecule has 1 aliphatic heterocycles. The molecule has 0 amide bonds. The summed E-state index contributed by atoms with van der Waals surface area (Å²) in [5.74, 6) is 0.352. The van der Waals surface area contributed by atoms with E-state index in [2.05, 4.69) is 20.4 Å². The fourth-order valence-corrected chi connectivity index (χ4v) is 2.08. The van der Waals surface area contributed by atoms with Gasteiger partial charge in [0.15, 0.2) is 0 Å². The van der Waals surface area contributed by atoms with Gasteiger partial charge in [-0.05, 0) is 38.1 Å². The van der Waals surface area contributed by atoms with E-state index in [1.54, 1.807) is 0 Å². The predicted molar refractivity (Wildman–Crippen MR) is 68.2 cm³/mol. The lowest BCUT2D eigenvalue weighted by molar-refractivity contribution is 0.00859. The van der Waals surface area contributed by atoms with Gasteiger partial charge in [0, 0.05) is 0 Å². The minimum Gasteiger partial charge on any atom is -0.368 e. The van der Waals surface area contributed by atoms with E-state index in [0.29, 0.717) is 24.0 Å². The molecular weight excluding hydrogens is 263 g/mol. The van der Waals surface area contributed by atoms with E-state index in [-0.39, 0.29) is 6.10 Å². The molecule has 0 spiro atoms. The minimum atomic E-state index is -0.397. The number of hydrogen-bond donors (Lipinski definition) is 1. The fourth-order valence-electron chi connectivity index (χ4n) is 2.08. The van der Waals surface area contributed by atoms with Crippen molar-refractivity contribution in [1.82, 2.24) is 20.4 Å². The van der Waals surface area contributed by atoms with Crippen molar-refractivity contribution in [3.05, 3.63) is 30.0 Å². The zero-order valence-corrected chi connectivity index (χ0v) is 10.9. The van der Waals surface area contributed by atoms with E-state index in [1.165, 1.54) is 12.1 Å². The van der Waals surface area contributed by atoms with Crippen LogP contribution in [0.5, 0.6) is 0 Å².